The Morgan fingerprint density at radius 3 is 2.87 bits per heavy atom. The fourth-order valence-corrected chi connectivity index (χ4v) is 6.93. The molecule has 1 aromatic carbocycles. The average molecular weight is 513 g/mol. The number of halogens is 1. The second kappa shape index (κ2) is 9.49. The first-order chi connectivity index (χ1) is 15.0. The van der Waals surface area contributed by atoms with E-state index in [-0.39, 0.29) is 24.2 Å². The smallest absolute Gasteiger partial charge is 0.141 e. The Labute approximate surface area is 197 Å². The first-order valence-electron chi connectivity index (χ1n) is 11.0. The van der Waals surface area contributed by atoms with Gasteiger partial charge in [-0.15, -0.1) is 0 Å². The summed E-state index contributed by atoms with van der Waals surface area (Å²) in [5, 5.41) is 14.7. The molecule has 4 rings (SSSR count). The third-order valence-corrected chi connectivity index (χ3v) is 8.77. The zero-order chi connectivity index (χ0) is 22.2. The van der Waals surface area contributed by atoms with E-state index in [2.05, 4.69) is 45.2 Å². The van der Waals surface area contributed by atoms with Crippen molar-refractivity contribution in [1.29, 1.82) is 0 Å². The normalized spacial score (nSPS) is 31.0. The number of aliphatic hydroxyl groups excluding tert-OH is 1. The summed E-state index contributed by atoms with van der Waals surface area (Å²) in [6.45, 7) is 4.23. The third-order valence-electron chi connectivity index (χ3n) is 7.32. The highest BCUT2D eigenvalue weighted by Gasteiger charge is 2.59. The molecular formula is C23H33BrN2O4S. The highest BCUT2D eigenvalue weighted by molar-refractivity contribution is 9.10. The number of hydrogen-bond donors (Lipinski definition) is 1. The van der Waals surface area contributed by atoms with Crippen molar-refractivity contribution in [3.63, 3.8) is 0 Å². The van der Waals surface area contributed by atoms with Crippen LogP contribution in [0.25, 0.3) is 0 Å². The molecular weight excluding hydrogens is 480 g/mol. The number of rotatable bonds is 7. The van der Waals surface area contributed by atoms with Gasteiger partial charge in [0.1, 0.15) is 29.2 Å². The highest BCUT2D eigenvalue weighted by atomic mass is 79.9. The van der Waals surface area contributed by atoms with Crippen molar-refractivity contribution in [2.24, 2.45) is 11.1 Å². The van der Waals surface area contributed by atoms with Gasteiger partial charge in [0, 0.05) is 30.0 Å². The lowest BCUT2D eigenvalue weighted by atomic mass is 9.59. The maximum Gasteiger partial charge on any atom is 0.141 e. The molecule has 0 radical (unpaired) electrons. The van der Waals surface area contributed by atoms with Gasteiger partial charge in [-0.3, -0.25) is 4.90 Å². The zero-order valence-electron chi connectivity index (χ0n) is 18.8. The molecule has 3 aliphatic rings. The zero-order valence-corrected chi connectivity index (χ0v) is 21.2. The molecule has 1 spiro atoms. The van der Waals surface area contributed by atoms with Crippen LogP contribution < -0.4 is 9.47 Å². The average Bonchev–Trinajstić information content (AvgIpc) is 3.02. The molecule has 1 fully saturated rings. The van der Waals surface area contributed by atoms with Crippen LogP contribution in [0.1, 0.15) is 43.7 Å². The van der Waals surface area contributed by atoms with Crippen LogP contribution in [0.2, 0.25) is 0 Å². The summed E-state index contributed by atoms with van der Waals surface area (Å²) >= 11 is 5.63. The number of thioether (sulfide) groups is 1. The molecule has 0 aromatic heterocycles. The van der Waals surface area contributed by atoms with E-state index < -0.39 is 0 Å². The summed E-state index contributed by atoms with van der Waals surface area (Å²) in [5.41, 5.74) is 3.45. The molecule has 31 heavy (non-hydrogen) atoms. The van der Waals surface area contributed by atoms with Crippen LogP contribution in [-0.4, -0.2) is 67.2 Å². The maximum absolute atomic E-state index is 10.5. The Bertz CT molecular complexity index is 851. The predicted octanol–water partition coefficient (Wildman–Crippen LogP) is 4.21. The van der Waals surface area contributed by atoms with E-state index in [9.17, 15) is 5.11 Å². The Hall–Kier alpha value is -0.960. The molecule has 2 heterocycles. The van der Waals surface area contributed by atoms with Crippen molar-refractivity contribution >= 4 is 33.4 Å². The number of oxime groups is 1. The molecule has 2 aliphatic heterocycles. The quantitative estimate of drug-likeness (QED) is 0.436. The molecule has 1 aliphatic carbocycles. The number of methoxy groups -OCH3 is 1. The summed E-state index contributed by atoms with van der Waals surface area (Å²) in [7, 11) is 3.30. The molecule has 172 valence electrons. The fraction of sp³-hybridized carbons (Fsp3) is 0.696. The monoisotopic (exact) mass is 512 g/mol. The number of nitrogens with zero attached hydrogens (tertiary/aromatic N) is 2. The standard InChI is InChI=1S/C23H33BrN2O4S/c1-14-8-16(25-29-3)10-19-23(14)11-17(13-27)26(6-5-7-31-4)12-15-9-18(28-2)21(24)22(30-19)20(15)23/h9,14,17,19,27H,5-8,10-13H2,1-4H3/b25-16+/t14-,17+,19-,23+/m1/s1. The minimum absolute atomic E-state index is 0.0255. The van der Waals surface area contributed by atoms with E-state index in [0.29, 0.717) is 5.92 Å². The minimum Gasteiger partial charge on any atom is -0.495 e. The van der Waals surface area contributed by atoms with Crippen LogP contribution in [0.4, 0.5) is 0 Å². The van der Waals surface area contributed by atoms with E-state index in [1.165, 1.54) is 11.1 Å². The first kappa shape index (κ1) is 23.2. The summed E-state index contributed by atoms with van der Waals surface area (Å²) in [4.78, 5) is 7.58. The van der Waals surface area contributed by atoms with E-state index >= 15 is 0 Å². The van der Waals surface area contributed by atoms with E-state index in [4.69, 9.17) is 14.3 Å². The summed E-state index contributed by atoms with van der Waals surface area (Å²) < 4.78 is 13.2. The Kier molecular flexibility index (Phi) is 7.11. The minimum atomic E-state index is -0.159. The highest BCUT2D eigenvalue weighted by Crippen LogP contribution is 2.60. The summed E-state index contributed by atoms with van der Waals surface area (Å²) in [6.07, 6.45) is 5.73. The van der Waals surface area contributed by atoms with Crippen LogP contribution in [0, 0.1) is 5.92 Å². The van der Waals surface area contributed by atoms with E-state index in [0.717, 1.165) is 66.2 Å². The number of benzene rings is 1. The molecule has 1 saturated carbocycles. The Morgan fingerprint density at radius 2 is 2.19 bits per heavy atom. The maximum atomic E-state index is 10.5. The van der Waals surface area contributed by atoms with Crippen molar-refractivity contribution in [3.8, 4) is 11.5 Å². The van der Waals surface area contributed by atoms with Crippen LogP contribution >= 0.6 is 27.7 Å². The summed E-state index contributed by atoms with van der Waals surface area (Å²) in [6, 6.07) is 2.27. The number of aliphatic hydroxyl groups is 1. The van der Waals surface area contributed by atoms with Crippen LogP contribution in [-0.2, 0) is 16.8 Å². The summed E-state index contributed by atoms with van der Waals surface area (Å²) in [5.74, 6) is 3.15. The largest absolute Gasteiger partial charge is 0.495 e. The fourth-order valence-electron chi connectivity index (χ4n) is 5.94. The SMILES string of the molecule is CO/N=C1\C[C@@H](C)[C@]23C[C@@H](CO)N(CCCSC)Cc4cc(OC)c(Br)c(c42)O[C@@H]3C1. The second-order valence-corrected chi connectivity index (χ2v) is 10.7. The lowest BCUT2D eigenvalue weighted by molar-refractivity contribution is 0.0407. The molecule has 1 aromatic rings. The number of ether oxygens (including phenoxy) is 2. The topological polar surface area (TPSA) is 63.5 Å². The van der Waals surface area contributed by atoms with Gasteiger partial charge in [0.15, 0.2) is 0 Å². The molecule has 0 amide bonds. The molecule has 0 unspecified atom stereocenters. The van der Waals surface area contributed by atoms with Gasteiger partial charge in [0.2, 0.25) is 0 Å². The van der Waals surface area contributed by atoms with Crippen molar-refractivity contribution in [2.45, 2.75) is 56.7 Å². The second-order valence-electron chi connectivity index (χ2n) is 8.91. The lowest BCUT2D eigenvalue weighted by Gasteiger charge is -2.45. The van der Waals surface area contributed by atoms with Crippen molar-refractivity contribution in [3.05, 3.63) is 21.7 Å². The van der Waals surface area contributed by atoms with Crippen LogP contribution in [0.15, 0.2) is 15.7 Å². The molecule has 8 heteroatoms. The lowest BCUT2D eigenvalue weighted by Crippen LogP contribution is -2.52. The Balaban J connectivity index is 1.84. The molecule has 6 nitrogen and oxygen atoms in total. The molecule has 0 bridgehead atoms. The third kappa shape index (κ3) is 3.87. The van der Waals surface area contributed by atoms with Gasteiger partial charge in [0.05, 0.1) is 19.4 Å². The Morgan fingerprint density at radius 1 is 1.39 bits per heavy atom. The molecule has 4 atom stereocenters. The first-order valence-corrected chi connectivity index (χ1v) is 13.2. The van der Waals surface area contributed by atoms with Gasteiger partial charge in [-0.05, 0) is 71.3 Å². The van der Waals surface area contributed by atoms with Crippen molar-refractivity contribution < 1.29 is 19.4 Å². The van der Waals surface area contributed by atoms with Crippen LogP contribution in [0.3, 0.4) is 0 Å². The van der Waals surface area contributed by atoms with Gasteiger partial charge in [0.25, 0.3) is 0 Å². The molecule has 1 N–H and O–H groups in total. The van der Waals surface area contributed by atoms with Crippen molar-refractivity contribution in [2.75, 3.05) is 39.4 Å². The van der Waals surface area contributed by atoms with Gasteiger partial charge >= 0.3 is 0 Å². The van der Waals surface area contributed by atoms with E-state index in [1.807, 2.05) is 11.8 Å². The van der Waals surface area contributed by atoms with Crippen molar-refractivity contribution in [1.82, 2.24) is 4.90 Å². The van der Waals surface area contributed by atoms with E-state index in [1.54, 1.807) is 14.2 Å². The van der Waals surface area contributed by atoms with Crippen LogP contribution in [0.5, 0.6) is 11.5 Å². The predicted molar refractivity (Wildman–Crippen MR) is 129 cm³/mol. The van der Waals surface area contributed by atoms with Gasteiger partial charge in [-0.25, -0.2) is 0 Å². The molecule has 0 saturated heterocycles. The van der Waals surface area contributed by atoms with Gasteiger partial charge in [-0.2, -0.15) is 11.8 Å². The van der Waals surface area contributed by atoms with Gasteiger partial charge in [-0.1, -0.05) is 12.1 Å². The number of hydrogen-bond acceptors (Lipinski definition) is 7. The van der Waals surface area contributed by atoms with Gasteiger partial charge < -0.3 is 19.4 Å².